The fourth-order valence-corrected chi connectivity index (χ4v) is 4.17. The zero-order valence-corrected chi connectivity index (χ0v) is 12.3. The Morgan fingerprint density at radius 3 is 3.15 bits per heavy atom. The molecule has 2 aromatic rings. The third-order valence-corrected chi connectivity index (χ3v) is 5.64. The van der Waals surface area contributed by atoms with Crippen molar-refractivity contribution in [3.05, 3.63) is 24.0 Å². The largest absolute Gasteiger partial charge is 0.399 e. The molecule has 0 spiro atoms. The normalized spacial score (nSPS) is 24.2. The van der Waals surface area contributed by atoms with Crippen LogP contribution in [0.2, 0.25) is 0 Å². The summed E-state index contributed by atoms with van der Waals surface area (Å²) < 4.78 is 17.7. The van der Waals surface area contributed by atoms with Crippen molar-refractivity contribution in [2.75, 3.05) is 18.1 Å². The Hall–Kier alpha value is -1.40. The molecule has 20 heavy (non-hydrogen) atoms. The molecule has 0 aliphatic carbocycles. The van der Waals surface area contributed by atoms with Crippen LogP contribution in [0.5, 0.6) is 0 Å². The Bertz CT molecular complexity index is 640. The number of fused-ring (bicyclic) bond motifs is 1. The number of ether oxygens (including phenoxy) is 1. The molecule has 1 aromatic carbocycles. The summed E-state index contributed by atoms with van der Waals surface area (Å²) in [7, 11) is -0.862. The second-order valence-electron chi connectivity index (χ2n) is 5.20. The second kappa shape index (κ2) is 5.54. The van der Waals surface area contributed by atoms with Crippen LogP contribution in [-0.2, 0) is 22.0 Å². The van der Waals surface area contributed by atoms with Gasteiger partial charge in [-0.1, -0.05) is 0 Å². The molecule has 1 aliphatic rings. The molecule has 3 rings (SSSR count). The van der Waals surface area contributed by atoms with Crippen LogP contribution in [0, 0.1) is 0 Å². The zero-order valence-electron chi connectivity index (χ0n) is 11.5. The molecule has 6 heteroatoms. The van der Waals surface area contributed by atoms with Gasteiger partial charge in [0, 0.05) is 35.3 Å². The average molecular weight is 293 g/mol. The van der Waals surface area contributed by atoms with E-state index in [9.17, 15) is 4.21 Å². The third-order valence-electron chi connectivity index (χ3n) is 3.74. The lowest BCUT2D eigenvalue weighted by atomic mass is 10.3. The van der Waals surface area contributed by atoms with Crippen LogP contribution in [0.25, 0.3) is 11.0 Å². The number of hydrogen-bond donors (Lipinski definition) is 2. The SMILES string of the molecule is CC1OCCC1S(=O)CCc1nc2ccc(N)cc2[nH]1. The summed E-state index contributed by atoms with van der Waals surface area (Å²) >= 11 is 0. The van der Waals surface area contributed by atoms with E-state index < -0.39 is 10.8 Å². The number of imidazole rings is 1. The van der Waals surface area contributed by atoms with Gasteiger partial charge in [0.25, 0.3) is 0 Å². The van der Waals surface area contributed by atoms with Crippen LogP contribution in [0.15, 0.2) is 18.2 Å². The minimum absolute atomic E-state index is 0.103. The Morgan fingerprint density at radius 1 is 1.55 bits per heavy atom. The standard InChI is InChI=1S/C14H19N3O2S/c1-9-13(4-6-19-9)20(18)7-5-14-16-11-3-2-10(15)8-12(11)17-14/h2-3,8-9,13H,4-7,15H2,1H3,(H,16,17). The monoisotopic (exact) mass is 293 g/mol. The van der Waals surface area contributed by atoms with Crippen molar-refractivity contribution < 1.29 is 8.95 Å². The lowest BCUT2D eigenvalue weighted by Crippen LogP contribution is -2.25. The summed E-state index contributed by atoms with van der Waals surface area (Å²) in [6.07, 6.45) is 1.68. The molecule has 1 aliphatic heterocycles. The number of nitrogens with two attached hydrogens (primary N) is 1. The van der Waals surface area contributed by atoms with E-state index >= 15 is 0 Å². The number of hydrogen-bond acceptors (Lipinski definition) is 4. The van der Waals surface area contributed by atoms with Gasteiger partial charge in [-0.3, -0.25) is 4.21 Å². The number of H-pyrrole nitrogens is 1. The van der Waals surface area contributed by atoms with Crippen LogP contribution in [0.3, 0.4) is 0 Å². The number of nitrogen functional groups attached to an aromatic ring is 1. The van der Waals surface area contributed by atoms with Gasteiger partial charge in [0.15, 0.2) is 0 Å². The van der Waals surface area contributed by atoms with Crippen molar-refractivity contribution in [3.8, 4) is 0 Å². The van der Waals surface area contributed by atoms with Crippen molar-refractivity contribution in [3.63, 3.8) is 0 Å². The maximum absolute atomic E-state index is 12.3. The highest BCUT2D eigenvalue weighted by atomic mass is 32.2. The van der Waals surface area contributed by atoms with E-state index in [1.165, 1.54) is 0 Å². The van der Waals surface area contributed by atoms with E-state index in [0.717, 1.165) is 29.9 Å². The van der Waals surface area contributed by atoms with Gasteiger partial charge in [-0.05, 0) is 31.5 Å². The first kappa shape index (κ1) is 13.6. The number of benzene rings is 1. The Balaban J connectivity index is 1.66. The van der Waals surface area contributed by atoms with E-state index in [-0.39, 0.29) is 11.4 Å². The predicted octanol–water partition coefficient (Wildman–Crippen LogP) is 1.61. The van der Waals surface area contributed by atoms with Gasteiger partial charge in [0.05, 0.1) is 22.4 Å². The fraction of sp³-hybridized carbons (Fsp3) is 0.500. The molecule has 0 amide bonds. The van der Waals surface area contributed by atoms with Gasteiger partial charge in [0.2, 0.25) is 0 Å². The maximum Gasteiger partial charge on any atom is 0.108 e. The minimum Gasteiger partial charge on any atom is -0.399 e. The molecule has 0 radical (unpaired) electrons. The molecule has 0 bridgehead atoms. The highest BCUT2D eigenvalue weighted by Gasteiger charge is 2.29. The van der Waals surface area contributed by atoms with Crippen LogP contribution in [0.4, 0.5) is 5.69 Å². The smallest absolute Gasteiger partial charge is 0.108 e. The van der Waals surface area contributed by atoms with Gasteiger partial charge in [-0.2, -0.15) is 0 Å². The maximum atomic E-state index is 12.3. The van der Waals surface area contributed by atoms with E-state index in [2.05, 4.69) is 9.97 Å². The van der Waals surface area contributed by atoms with Crippen LogP contribution < -0.4 is 5.73 Å². The minimum atomic E-state index is -0.862. The van der Waals surface area contributed by atoms with Gasteiger partial charge >= 0.3 is 0 Å². The summed E-state index contributed by atoms with van der Waals surface area (Å²) in [5.41, 5.74) is 8.29. The Morgan fingerprint density at radius 2 is 2.40 bits per heavy atom. The molecule has 3 N–H and O–H groups in total. The van der Waals surface area contributed by atoms with Gasteiger partial charge in [-0.25, -0.2) is 4.98 Å². The van der Waals surface area contributed by atoms with E-state index in [1.54, 1.807) is 0 Å². The summed E-state index contributed by atoms with van der Waals surface area (Å²) in [4.78, 5) is 7.73. The molecule has 2 heterocycles. The van der Waals surface area contributed by atoms with Crippen molar-refractivity contribution in [1.29, 1.82) is 0 Å². The van der Waals surface area contributed by atoms with Crippen LogP contribution in [0.1, 0.15) is 19.2 Å². The molecule has 1 aromatic heterocycles. The first-order chi connectivity index (χ1) is 9.63. The lowest BCUT2D eigenvalue weighted by Gasteiger charge is -2.12. The van der Waals surface area contributed by atoms with Crippen molar-refractivity contribution >= 4 is 27.5 Å². The van der Waals surface area contributed by atoms with Crippen LogP contribution >= 0.6 is 0 Å². The zero-order chi connectivity index (χ0) is 14.1. The molecule has 3 atom stereocenters. The Kier molecular flexibility index (Phi) is 3.76. The van der Waals surface area contributed by atoms with Gasteiger partial charge in [0.1, 0.15) is 5.82 Å². The second-order valence-corrected chi connectivity index (χ2v) is 6.97. The number of nitrogens with zero attached hydrogens (tertiary/aromatic N) is 1. The third kappa shape index (κ3) is 2.71. The van der Waals surface area contributed by atoms with Crippen molar-refractivity contribution in [2.45, 2.75) is 31.1 Å². The first-order valence-corrected chi connectivity index (χ1v) is 8.24. The van der Waals surface area contributed by atoms with E-state index in [4.69, 9.17) is 10.5 Å². The summed E-state index contributed by atoms with van der Waals surface area (Å²) in [5.74, 6) is 1.48. The van der Waals surface area contributed by atoms with Crippen molar-refractivity contribution in [1.82, 2.24) is 9.97 Å². The number of aromatic amines is 1. The fourth-order valence-electron chi connectivity index (χ4n) is 2.60. The number of aromatic nitrogens is 2. The quantitative estimate of drug-likeness (QED) is 0.839. The predicted molar refractivity (Wildman–Crippen MR) is 81.0 cm³/mol. The number of aryl methyl sites for hydroxylation is 1. The molecule has 0 saturated carbocycles. The molecular weight excluding hydrogens is 274 g/mol. The van der Waals surface area contributed by atoms with Gasteiger partial charge < -0.3 is 15.5 Å². The molecule has 3 unspecified atom stereocenters. The van der Waals surface area contributed by atoms with Gasteiger partial charge in [-0.15, -0.1) is 0 Å². The first-order valence-electron chi connectivity index (χ1n) is 6.86. The molecule has 5 nitrogen and oxygen atoms in total. The molecular formula is C14H19N3O2S. The summed E-state index contributed by atoms with van der Waals surface area (Å²) in [5, 5.41) is 0.162. The number of rotatable bonds is 4. The van der Waals surface area contributed by atoms with Crippen LogP contribution in [-0.4, -0.2) is 37.9 Å². The lowest BCUT2D eigenvalue weighted by molar-refractivity contribution is 0.127. The molecule has 108 valence electrons. The highest BCUT2D eigenvalue weighted by molar-refractivity contribution is 7.85. The van der Waals surface area contributed by atoms with E-state index in [0.29, 0.717) is 17.9 Å². The number of nitrogens with one attached hydrogen (secondary N) is 1. The number of anilines is 1. The van der Waals surface area contributed by atoms with E-state index in [1.807, 2.05) is 25.1 Å². The molecule has 1 fully saturated rings. The van der Waals surface area contributed by atoms with Crippen molar-refractivity contribution in [2.24, 2.45) is 0 Å². The summed E-state index contributed by atoms with van der Waals surface area (Å²) in [6, 6.07) is 5.60. The summed E-state index contributed by atoms with van der Waals surface area (Å²) in [6.45, 7) is 2.72. The Labute approximate surface area is 120 Å². The topological polar surface area (TPSA) is 81.0 Å². The highest BCUT2D eigenvalue weighted by Crippen LogP contribution is 2.20. The molecule has 1 saturated heterocycles. The average Bonchev–Trinajstić information content (AvgIpc) is 3.01.